The van der Waals surface area contributed by atoms with E-state index in [4.69, 9.17) is 4.74 Å². The van der Waals surface area contributed by atoms with Crippen molar-refractivity contribution in [2.24, 2.45) is 0 Å². The summed E-state index contributed by atoms with van der Waals surface area (Å²) in [6.07, 6.45) is 8.91. The maximum Gasteiger partial charge on any atom is 0.306 e. The molecule has 0 bridgehead atoms. The Labute approximate surface area is 149 Å². The molecule has 0 radical (unpaired) electrons. The fourth-order valence-electron chi connectivity index (χ4n) is 3.74. The van der Waals surface area contributed by atoms with Gasteiger partial charge in [0, 0.05) is 19.0 Å². The second-order valence-corrected chi connectivity index (χ2v) is 6.57. The van der Waals surface area contributed by atoms with Crippen LogP contribution in [0.1, 0.15) is 57.4 Å². The summed E-state index contributed by atoms with van der Waals surface area (Å²) in [5.41, 5.74) is 4.24. The van der Waals surface area contributed by atoms with Gasteiger partial charge in [-0.05, 0) is 55.4 Å². The minimum Gasteiger partial charge on any atom is -0.466 e. The Morgan fingerprint density at radius 1 is 1.24 bits per heavy atom. The Morgan fingerprint density at radius 2 is 2.04 bits per heavy atom. The Hall–Kier alpha value is -2.36. The molecular formula is C21H25NO3. The van der Waals surface area contributed by atoms with E-state index in [1.54, 1.807) is 11.8 Å². The van der Waals surface area contributed by atoms with E-state index in [1.165, 1.54) is 12.0 Å². The van der Waals surface area contributed by atoms with Gasteiger partial charge in [-0.3, -0.25) is 14.5 Å². The number of para-hydroxylation sites is 1. The molecule has 0 aromatic heterocycles. The first-order chi connectivity index (χ1) is 12.1. The number of amides is 1. The van der Waals surface area contributed by atoms with Crippen LogP contribution in [0.15, 0.2) is 47.7 Å². The Bertz CT molecular complexity index is 732. The fraction of sp³-hybridized carbons (Fsp3) is 0.429. The Balaban J connectivity index is 2.06. The van der Waals surface area contributed by atoms with Gasteiger partial charge in [0.05, 0.1) is 18.7 Å². The Morgan fingerprint density at radius 3 is 2.72 bits per heavy atom. The van der Waals surface area contributed by atoms with Crippen LogP contribution in [-0.2, 0) is 14.3 Å². The van der Waals surface area contributed by atoms with Crippen molar-refractivity contribution in [1.29, 1.82) is 0 Å². The molecule has 3 rings (SSSR count). The van der Waals surface area contributed by atoms with Gasteiger partial charge >= 0.3 is 5.97 Å². The number of nitrogens with zero attached hydrogens (tertiary/aromatic N) is 1. The standard InChI is InChI=1S/C21H25NO3/c1-3-25-21(24)13-18-17-11-7-8-12-20(17)22(15(2)23)14-19(18)16-9-5-4-6-10-16/h7-9,11-12,14,18H,3-6,10,13H2,1-2H3/t18-/m1/s1. The first-order valence-electron chi connectivity index (χ1n) is 9.07. The maximum atomic E-state index is 12.2. The van der Waals surface area contributed by atoms with Crippen molar-refractivity contribution < 1.29 is 14.3 Å². The van der Waals surface area contributed by atoms with E-state index in [0.717, 1.165) is 36.1 Å². The molecule has 25 heavy (non-hydrogen) atoms. The number of benzene rings is 1. The average Bonchev–Trinajstić information content (AvgIpc) is 2.62. The molecule has 1 aromatic carbocycles. The van der Waals surface area contributed by atoms with Crippen molar-refractivity contribution in [2.75, 3.05) is 11.5 Å². The molecule has 1 amide bonds. The molecular weight excluding hydrogens is 314 g/mol. The van der Waals surface area contributed by atoms with Gasteiger partial charge in [0.1, 0.15) is 0 Å². The number of rotatable bonds is 4. The van der Waals surface area contributed by atoms with Gasteiger partial charge < -0.3 is 4.74 Å². The van der Waals surface area contributed by atoms with Gasteiger partial charge in [0.15, 0.2) is 0 Å². The second-order valence-electron chi connectivity index (χ2n) is 6.57. The molecule has 4 nitrogen and oxygen atoms in total. The highest BCUT2D eigenvalue weighted by Gasteiger charge is 2.32. The number of carbonyl (C=O) groups excluding carboxylic acids is 2. The number of hydrogen-bond donors (Lipinski definition) is 0. The number of anilines is 1. The van der Waals surface area contributed by atoms with Gasteiger partial charge in [-0.25, -0.2) is 0 Å². The third kappa shape index (κ3) is 3.68. The van der Waals surface area contributed by atoms with Crippen molar-refractivity contribution in [3.63, 3.8) is 0 Å². The quantitative estimate of drug-likeness (QED) is 0.760. The lowest BCUT2D eigenvalue weighted by molar-refractivity contribution is -0.143. The van der Waals surface area contributed by atoms with Crippen LogP contribution in [0.5, 0.6) is 0 Å². The van der Waals surface area contributed by atoms with Crippen molar-refractivity contribution in [2.45, 2.75) is 51.9 Å². The highest BCUT2D eigenvalue weighted by atomic mass is 16.5. The van der Waals surface area contributed by atoms with Crippen molar-refractivity contribution in [1.82, 2.24) is 0 Å². The number of esters is 1. The molecule has 1 atom stereocenters. The second kappa shape index (κ2) is 7.68. The van der Waals surface area contributed by atoms with E-state index in [1.807, 2.05) is 37.4 Å². The predicted molar refractivity (Wildman–Crippen MR) is 98.2 cm³/mol. The molecule has 1 aliphatic carbocycles. The molecule has 2 aliphatic rings. The van der Waals surface area contributed by atoms with Crippen LogP contribution in [0.2, 0.25) is 0 Å². The van der Waals surface area contributed by atoms with Crippen LogP contribution in [0.4, 0.5) is 5.69 Å². The van der Waals surface area contributed by atoms with Gasteiger partial charge in [0.2, 0.25) is 5.91 Å². The van der Waals surface area contributed by atoms with Gasteiger partial charge in [-0.15, -0.1) is 0 Å². The molecule has 1 aliphatic heterocycles. The number of carbonyl (C=O) groups is 2. The third-order valence-electron chi connectivity index (χ3n) is 4.89. The number of allylic oxidation sites excluding steroid dienone is 3. The lowest BCUT2D eigenvalue weighted by atomic mass is 9.78. The van der Waals surface area contributed by atoms with E-state index in [0.29, 0.717) is 13.0 Å². The van der Waals surface area contributed by atoms with Gasteiger partial charge in [-0.2, -0.15) is 0 Å². The largest absolute Gasteiger partial charge is 0.466 e. The van der Waals surface area contributed by atoms with Crippen LogP contribution in [0, 0.1) is 0 Å². The Kier molecular flexibility index (Phi) is 5.37. The van der Waals surface area contributed by atoms with E-state index < -0.39 is 0 Å². The molecule has 4 heteroatoms. The summed E-state index contributed by atoms with van der Waals surface area (Å²) in [4.78, 5) is 26.1. The molecule has 132 valence electrons. The molecule has 0 unspecified atom stereocenters. The minimum atomic E-state index is -0.194. The minimum absolute atomic E-state index is 0.0176. The van der Waals surface area contributed by atoms with Gasteiger partial charge in [0.25, 0.3) is 0 Å². The summed E-state index contributed by atoms with van der Waals surface area (Å²) in [5.74, 6) is -0.271. The van der Waals surface area contributed by atoms with Crippen molar-refractivity contribution >= 4 is 17.6 Å². The number of ether oxygens (including phenoxy) is 1. The molecule has 0 spiro atoms. The van der Waals surface area contributed by atoms with Crippen LogP contribution < -0.4 is 4.90 Å². The summed E-state index contributed by atoms with van der Waals surface area (Å²) in [6, 6.07) is 7.85. The summed E-state index contributed by atoms with van der Waals surface area (Å²) >= 11 is 0. The van der Waals surface area contributed by atoms with E-state index in [9.17, 15) is 9.59 Å². The molecule has 0 saturated heterocycles. The number of fused-ring (bicyclic) bond motifs is 1. The average molecular weight is 339 g/mol. The van der Waals surface area contributed by atoms with Crippen LogP contribution in [-0.4, -0.2) is 18.5 Å². The highest BCUT2D eigenvalue weighted by Crippen LogP contribution is 2.44. The topological polar surface area (TPSA) is 46.6 Å². The summed E-state index contributed by atoms with van der Waals surface area (Å²) in [6.45, 7) is 3.78. The SMILES string of the molecule is CCOC(=O)C[C@H]1C(C2=CCCCC2)=CN(C(C)=O)c2ccccc21. The zero-order valence-electron chi connectivity index (χ0n) is 15.0. The van der Waals surface area contributed by atoms with Crippen LogP contribution in [0.25, 0.3) is 0 Å². The molecule has 0 saturated carbocycles. The highest BCUT2D eigenvalue weighted by molar-refractivity contribution is 5.96. The predicted octanol–water partition coefficient (Wildman–Crippen LogP) is 4.47. The summed E-state index contributed by atoms with van der Waals surface area (Å²) in [5, 5.41) is 0. The van der Waals surface area contributed by atoms with Gasteiger partial charge in [-0.1, -0.05) is 24.3 Å². The van der Waals surface area contributed by atoms with Crippen molar-refractivity contribution in [3.8, 4) is 0 Å². The lowest BCUT2D eigenvalue weighted by Gasteiger charge is -2.34. The lowest BCUT2D eigenvalue weighted by Crippen LogP contribution is -2.30. The monoisotopic (exact) mass is 339 g/mol. The van der Waals surface area contributed by atoms with Crippen LogP contribution in [0.3, 0.4) is 0 Å². The maximum absolute atomic E-state index is 12.2. The van der Waals surface area contributed by atoms with E-state index in [-0.39, 0.29) is 17.8 Å². The smallest absolute Gasteiger partial charge is 0.306 e. The zero-order chi connectivity index (χ0) is 17.8. The first kappa shape index (κ1) is 17.5. The van der Waals surface area contributed by atoms with Crippen molar-refractivity contribution in [3.05, 3.63) is 53.3 Å². The third-order valence-corrected chi connectivity index (χ3v) is 4.89. The zero-order valence-corrected chi connectivity index (χ0v) is 15.0. The summed E-state index contributed by atoms with van der Waals surface area (Å²) < 4.78 is 5.20. The normalized spacial score (nSPS) is 19.6. The fourth-order valence-corrected chi connectivity index (χ4v) is 3.74. The number of hydrogen-bond acceptors (Lipinski definition) is 3. The molecule has 1 heterocycles. The molecule has 0 N–H and O–H groups in total. The summed E-state index contributed by atoms with van der Waals surface area (Å²) in [7, 11) is 0. The molecule has 1 aromatic rings. The van der Waals surface area contributed by atoms with E-state index >= 15 is 0 Å². The van der Waals surface area contributed by atoms with Crippen LogP contribution >= 0.6 is 0 Å². The molecule has 0 fully saturated rings. The van der Waals surface area contributed by atoms with E-state index in [2.05, 4.69) is 6.08 Å². The first-order valence-corrected chi connectivity index (χ1v) is 9.07.